The Labute approximate surface area is 212 Å². The number of hydrogen-bond acceptors (Lipinski definition) is 5. The molecular formula is C26H48BrNO4Si. The van der Waals surface area contributed by atoms with Gasteiger partial charge in [0.15, 0.2) is 8.32 Å². The largest absolute Gasteiger partial charge is 0.414 e. The third-order valence-corrected chi connectivity index (χ3v) is 12.4. The Hall–Kier alpha value is -0.0231. The zero-order chi connectivity index (χ0) is 25.0. The van der Waals surface area contributed by atoms with Gasteiger partial charge < -0.3 is 18.6 Å². The van der Waals surface area contributed by atoms with Crippen molar-refractivity contribution < 1.29 is 18.6 Å². The van der Waals surface area contributed by atoms with Gasteiger partial charge in [-0.25, -0.2) is 0 Å². The minimum Gasteiger partial charge on any atom is -0.414 e. The van der Waals surface area contributed by atoms with E-state index in [4.69, 9.17) is 18.6 Å². The zero-order valence-corrected chi connectivity index (χ0v) is 25.2. The Morgan fingerprint density at radius 2 is 1.97 bits per heavy atom. The van der Waals surface area contributed by atoms with Gasteiger partial charge in [-0.1, -0.05) is 56.6 Å². The SMILES string of the molecule is COCCC/C(Br)=C1\CO[C@@H](CC(C)C)\C1=C/[C@H]1NC(C)(C)O[C@H]1CO[Si](C)(C)C(C)(C)C. The lowest BCUT2D eigenvalue weighted by Gasteiger charge is -2.37. The molecule has 7 heteroatoms. The second-order valence-electron chi connectivity index (χ2n) is 11.9. The van der Waals surface area contributed by atoms with Gasteiger partial charge >= 0.3 is 0 Å². The molecule has 0 radical (unpaired) electrons. The first-order valence-corrected chi connectivity index (χ1v) is 16.2. The van der Waals surface area contributed by atoms with Crippen LogP contribution in [0, 0.1) is 5.92 Å². The average molecular weight is 547 g/mol. The normalized spacial score (nSPS) is 28.8. The summed E-state index contributed by atoms with van der Waals surface area (Å²) in [4.78, 5) is 0. The maximum Gasteiger partial charge on any atom is 0.192 e. The van der Waals surface area contributed by atoms with E-state index >= 15 is 0 Å². The van der Waals surface area contributed by atoms with Crippen molar-refractivity contribution >= 4 is 24.2 Å². The van der Waals surface area contributed by atoms with Crippen molar-refractivity contribution in [3.63, 3.8) is 0 Å². The van der Waals surface area contributed by atoms with E-state index in [1.165, 1.54) is 15.6 Å². The first-order chi connectivity index (χ1) is 15.2. The van der Waals surface area contributed by atoms with Crippen LogP contribution in [0.25, 0.3) is 0 Å². The van der Waals surface area contributed by atoms with Crippen LogP contribution >= 0.6 is 15.9 Å². The Morgan fingerprint density at radius 3 is 2.55 bits per heavy atom. The van der Waals surface area contributed by atoms with Crippen LogP contribution in [0.1, 0.15) is 67.7 Å². The molecular weight excluding hydrogens is 498 g/mol. The minimum absolute atomic E-state index is 0.0320. The molecule has 0 aromatic carbocycles. The third-order valence-electron chi connectivity index (χ3n) is 7.02. The Bertz CT molecular complexity index is 712. The van der Waals surface area contributed by atoms with Crippen LogP contribution in [0.2, 0.25) is 18.1 Å². The van der Waals surface area contributed by atoms with Crippen molar-refractivity contribution in [2.24, 2.45) is 5.92 Å². The molecule has 5 nitrogen and oxygen atoms in total. The Morgan fingerprint density at radius 1 is 1.30 bits per heavy atom. The fourth-order valence-corrected chi connectivity index (χ4v) is 5.74. The molecule has 0 unspecified atom stereocenters. The van der Waals surface area contributed by atoms with E-state index in [9.17, 15) is 0 Å². The average Bonchev–Trinajstić information content (AvgIpc) is 3.19. The first-order valence-electron chi connectivity index (χ1n) is 12.5. The van der Waals surface area contributed by atoms with Crippen LogP contribution in [0.15, 0.2) is 21.7 Å². The molecule has 0 bridgehead atoms. The highest BCUT2D eigenvalue weighted by molar-refractivity contribution is 9.11. The monoisotopic (exact) mass is 545 g/mol. The second-order valence-corrected chi connectivity index (χ2v) is 17.7. The number of halogens is 1. The molecule has 0 spiro atoms. The van der Waals surface area contributed by atoms with Gasteiger partial charge in [0.2, 0.25) is 0 Å². The van der Waals surface area contributed by atoms with E-state index in [1.807, 2.05) is 0 Å². The van der Waals surface area contributed by atoms with Crippen molar-refractivity contribution in [3.05, 3.63) is 21.7 Å². The topological polar surface area (TPSA) is 49.0 Å². The highest BCUT2D eigenvalue weighted by Gasteiger charge is 2.43. The van der Waals surface area contributed by atoms with Crippen molar-refractivity contribution in [2.45, 2.75) is 110 Å². The first kappa shape index (κ1) is 29.2. The summed E-state index contributed by atoms with van der Waals surface area (Å²) in [5.41, 5.74) is 2.19. The highest BCUT2D eigenvalue weighted by atomic mass is 79.9. The van der Waals surface area contributed by atoms with Crippen molar-refractivity contribution in [1.82, 2.24) is 5.32 Å². The number of rotatable bonds is 10. The summed E-state index contributed by atoms with van der Waals surface area (Å²) in [6.45, 7) is 22.2. The van der Waals surface area contributed by atoms with Crippen LogP contribution in [0.4, 0.5) is 0 Å². The lowest BCUT2D eigenvalue weighted by Crippen LogP contribution is -2.44. The van der Waals surface area contributed by atoms with Gasteiger partial charge in [-0.05, 0) is 68.3 Å². The Kier molecular flexibility index (Phi) is 10.5. The quantitative estimate of drug-likeness (QED) is 0.249. The van der Waals surface area contributed by atoms with Crippen LogP contribution in [-0.4, -0.2) is 59.2 Å². The minimum atomic E-state index is -1.86. The number of nitrogens with one attached hydrogen (secondary N) is 1. The molecule has 2 aliphatic rings. The van der Waals surface area contributed by atoms with Crippen molar-refractivity contribution in [3.8, 4) is 0 Å². The number of ether oxygens (including phenoxy) is 3. The molecule has 2 fully saturated rings. The number of allylic oxidation sites excluding steroid dienone is 1. The van der Waals surface area contributed by atoms with Crippen LogP contribution in [0.5, 0.6) is 0 Å². The molecule has 0 amide bonds. The number of methoxy groups -OCH3 is 1. The maximum atomic E-state index is 6.58. The third kappa shape index (κ3) is 8.26. The molecule has 0 aromatic heterocycles. The molecule has 33 heavy (non-hydrogen) atoms. The molecule has 3 atom stereocenters. The zero-order valence-electron chi connectivity index (χ0n) is 22.6. The summed E-state index contributed by atoms with van der Waals surface area (Å²) >= 11 is 3.87. The predicted molar refractivity (Wildman–Crippen MR) is 143 cm³/mol. The number of hydrogen-bond donors (Lipinski definition) is 1. The molecule has 0 saturated carbocycles. The van der Waals surface area contributed by atoms with E-state index in [1.54, 1.807) is 7.11 Å². The van der Waals surface area contributed by atoms with Gasteiger partial charge in [0, 0.05) is 18.2 Å². The molecule has 192 valence electrons. The van der Waals surface area contributed by atoms with Crippen LogP contribution in [-0.2, 0) is 18.6 Å². The van der Waals surface area contributed by atoms with Gasteiger partial charge in [-0.15, -0.1) is 0 Å². The molecule has 0 aliphatic carbocycles. The summed E-state index contributed by atoms with van der Waals surface area (Å²) in [6, 6.07) is 0.0744. The molecule has 2 aliphatic heterocycles. The highest BCUT2D eigenvalue weighted by Crippen LogP contribution is 2.39. The van der Waals surface area contributed by atoms with Gasteiger partial charge in [0.25, 0.3) is 0 Å². The molecule has 1 N–H and O–H groups in total. The summed E-state index contributed by atoms with van der Waals surface area (Å²) in [5, 5.41) is 3.86. The van der Waals surface area contributed by atoms with Gasteiger partial charge in [-0.3, -0.25) is 5.32 Å². The van der Waals surface area contributed by atoms with Gasteiger partial charge in [-0.2, -0.15) is 0 Å². The summed E-state index contributed by atoms with van der Waals surface area (Å²) in [7, 11) is -0.107. The second kappa shape index (κ2) is 11.8. The van der Waals surface area contributed by atoms with E-state index in [-0.39, 0.29) is 23.3 Å². The molecule has 2 heterocycles. The fraction of sp³-hybridized carbons (Fsp3) is 0.846. The van der Waals surface area contributed by atoms with Crippen molar-refractivity contribution in [1.29, 1.82) is 0 Å². The molecule has 2 saturated heterocycles. The lowest BCUT2D eigenvalue weighted by molar-refractivity contribution is -0.0419. The summed E-state index contributed by atoms with van der Waals surface area (Å²) < 4.78 is 25.8. The standard InChI is InChI=1S/C26H48BrNO4Si/c1-18(2)14-23-19(20(16-30-23)21(27)12-11-13-29-8)15-22-24(32-26(6,7)28-22)17-31-33(9,10)25(3,4)5/h15,18,22-24,28H,11-14,16-17H2,1-10H3/b19-15-,21-20-/t22-,23+,24+/m1/s1. The molecule has 0 aromatic rings. The smallest absolute Gasteiger partial charge is 0.192 e. The van der Waals surface area contributed by atoms with Gasteiger partial charge in [0.05, 0.1) is 25.4 Å². The summed E-state index contributed by atoms with van der Waals surface area (Å²) in [6.07, 6.45) is 5.40. The predicted octanol–water partition coefficient (Wildman–Crippen LogP) is 6.55. The maximum absolute atomic E-state index is 6.58. The van der Waals surface area contributed by atoms with Crippen LogP contribution in [0.3, 0.4) is 0 Å². The van der Waals surface area contributed by atoms with E-state index in [0.717, 1.165) is 25.9 Å². The molecule has 2 rings (SSSR count). The lowest BCUT2D eigenvalue weighted by atomic mass is 9.93. The van der Waals surface area contributed by atoms with E-state index in [2.05, 4.69) is 88.9 Å². The Balaban J connectivity index is 2.31. The summed E-state index contributed by atoms with van der Waals surface area (Å²) in [5.74, 6) is 0.562. The van der Waals surface area contributed by atoms with Crippen LogP contribution < -0.4 is 5.32 Å². The fourth-order valence-electron chi connectivity index (χ4n) is 4.11. The van der Waals surface area contributed by atoms with E-state index < -0.39 is 14.0 Å². The van der Waals surface area contributed by atoms with Gasteiger partial charge in [0.1, 0.15) is 11.8 Å². The van der Waals surface area contributed by atoms with E-state index in [0.29, 0.717) is 19.1 Å². The van der Waals surface area contributed by atoms with Crippen molar-refractivity contribution in [2.75, 3.05) is 26.9 Å².